The summed E-state index contributed by atoms with van der Waals surface area (Å²) >= 11 is 0. The van der Waals surface area contributed by atoms with Crippen LogP contribution in [-0.2, 0) is 0 Å². The minimum atomic E-state index is 0.690. The predicted octanol–water partition coefficient (Wildman–Crippen LogP) is 2.42. The molecule has 0 atom stereocenters. The number of nitrogens with zero attached hydrogens (tertiary/aromatic N) is 2. The monoisotopic (exact) mass is 214 g/mol. The number of anilines is 1. The van der Waals surface area contributed by atoms with Crippen molar-refractivity contribution in [1.29, 1.82) is 0 Å². The van der Waals surface area contributed by atoms with Crippen LogP contribution < -0.4 is 4.90 Å². The Kier molecular flexibility index (Phi) is 2.60. The van der Waals surface area contributed by atoms with E-state index in [1.807, 2.05) is 44.1 Å². The number of rotatable bonds is 2. The number of aldehydes is 1. The Labute approximate surface area is 94.7 Å². The average molecular weight is 214 g/mol. The third-order valence-corrected chi connectivity index (χ3v) is 2.62. The maximum Gasteiger partial charge on any atom is 0.150 e. The molecule has 1 aromatic heterocycles. The molecule has 0 N–H and O–H groups in total. The molecule has 0 unspecified atom stereocenters. The molecule has 0 aliphatic carbocycles. The van der Waals surface area contributed by atoms with Gasteiger partial charge in [0, 0.05) is 25.0 Å². The Morgan fingerprint density at radius 1 is 1.25 bits per heavy atom. The zero-order valence-corrected chi connectivity index (χ0v) is 9.69. The number of fused-ring (bicyclic) bond motifs is 1. The Morgan fingerprint density at radius 3 is 2.62 bits per heavy atom. The van der Waals surface area contributed by atoms with Crippen molar-refractivity contribution in [3.05, 3.63) is 35.4 Å². The summed E-state index contributed by atoms with van der Waals surface area (Å²) < 4.78 is 0. The Balaban J connectivity index is 2.71. The first-order valence-electron chi connectivity index (χ1n) is 5.16. The molecule has 0 bridgehead atoms. The molecule has 0 saturated heterocycles. The maximum absolute atomic E-state index is 10.7. The van der Waals surface area contributed by atoms with E-state index < -0.39 is 0 Å². The van der Waals surface area contributed by atoms with Crippen LogP contribution in [-0.4, -0.2) is 25.4 Å². The second kappa shape index (κ2) is 3.93. The smallest absolute Gasteiger partial charge is 0.150 e. The van der Waals surface area contributed by atoms with Crippen LogP contribution in [0.5, 0.6) is 0 Å². The van der Waals surface area contributed by atoms with Gasteiger partial charge in [-0.2, -0.15) is 0 Å². The van der Waals surface area contributed by atoms with Gasteiger partial charge in [0.05, 0.1) is 5.52 Å². The molecule has 1 aromatic carbocycles. The van der Waals surface area contributed by atoms with Gasteiger partial charge in [0.1, 0.15) is 12.1 Å². The lowest BCUT2D eigenvalue weighted by Crippen LogP contribution is -2.10. The van der Waals surface area contributed by atoms with Gasteiger partial charge < -0.3 is 4.90 Å². The minimum absolute atomic E-state index is 0.690. The lowest BCUT2D eigenvalue weighted by Gasteiger charge is -2.13. The molecular weight excluding hydrogens is 200 g/mol. The van der Waals surface area contributed by atoms with Gasteiger partial charge in [-0.25, -0.2) is 4.98 Å². The first-order valence-corrected chi connectivity index (χ1v) is 5.16. The van der Waals surface area contributed by atoms with Crippen LogP contribution in [0.3, 0.4) is 0 Å². The zero-order chi connectivity index (χ0) is 11.7. The highest BCUT2D eigenvalue weighted by Gasteiger charge is 2.04. The predicted molar refractivity (Wildman–Crippen MR) is 66.2 cm³/mol. The summed E-state index contributed by atoms with van der Waals surface area (Å²) in [6.07, 6.45) is 0.860. The van der Waals surface area contributed by atoms with E-state index in [-0.39, 0.29) is 0 Å². The highest BCUT2D eigenvalue weighted by Crippen LogP contribution is 2.22. The van der Waals surface area contributed by atoms with Crippen LogP contribution in [0.4, 0.5) is 5.82 Å². The lowest BCUT2D eigenvalue weighted by molar-refractivity contribution is 0.112. The highest BCUT2D eigenvalue weighted by molar-refractivity contribution is 5.89. The molecular formula is C13H14N2O. The van der Waals surface area contributed by atoms with E-state index in [2.05, 4.69) is 4.98 Å². The summed E-state index contributed by atoms with van der Waals surface area (Å²) in [7, 11) is 3.93. The summed E-state index contributed by atoms with van der Waals surface area (Å²) in [6, 6.07) is 7.58. The first-order chi connectivity index (χ1) is 7.61. The van der Waals surface area contributed by atoms with E-state index >= 15 is 0 Å². The van der Waals surface area contributed by atoms with Gasteiger partial charge in [-0.3, -0.25) is 4.79 Å². The topological polar surface area (TPSA) is 33.2 Å². The number of aryl methyl sites for hydroxylation is 1. The number of hydrogen-bond acceptors (Lipinski definition) is 3. The number of benzene rings is 1. The van der Waals surface area contributed by atoms with Gasteiger partial charge in [0.25, 0.3) is 0 Å². The van der Waals surface area contributed by atoms with Crippen LogP contribution in [0.15, 0.2) is 24.3 Å². The van der Waals surface area contributed by atoms with Gasteiger partial charge >= 0.3 is 0 Å². The Hall–Kier alpha value is -1.90. The summed E-state index contributed by atoms with van der Waals surface area (Å²) in [5.74, 6) is 0.934. The third-order valence-electron chi connectivity index (χ3n) is 2.62. The number of carbonyl (C=O) groups excluding carboxylic acids is 1. The Morgan fingerprint density at radius 2 is 2.00 bits per heavy atom. The van der Waals surface area contributed by atoms with Crippen molar-refractivity contribution >= 4 is 23.0 Å². The van der Waals surface area contributed by atoms with Gasteiger partial charge in [-0.05, 0) is 36.8 Å². The summed E-state index contributed by atoms with van der Waals surface area (Å²) in [4.78, 5) is 17.2. The maximum atomic E-state index is 10.7. The fourth-order valence-corrected chi connectivity index (χ4v) is 1.70. The van der Waals surface area contributed by atoms with E-state index in [0.717, 1.165) is 28.6 Å². The van der Waals surface area contributed by atoms with Crippen molar-refractivity contribution in [2.24, 2.45) is 0 Å². The largest absolute Gasteiger partial charge is 0.363 e. The van der Waals surface area contributed by atoms with Crippen LogP contribution in [0, 0.1) is 6.92 Å². The van der Waals surface area contributed by atoms with Gasteiger partial charge in [0.15, 0.2) is 0 Å². The van der Waals surface area contributed by atoms with Crippen molar-refractivity contribution in [1.82, 2.24) is 4.98 Å². The number of aromatic nitrogens is 1. The van der Waals surface area contributed by atoms with Crippen molar-refractivity contribution in [3.8, 4) is 0 Å². The molecule has 82 valence electrons. The van der Waals surface area contributed by atoms with Gasteiger partial charge in [-0.1, -0.05) is 0 Å². The van der Waals surface area contributed by atoms with E-state index in [1.54, 1.807) is 6.07 Å². The van der Waals surface area contributed by atoms with Gasteiger partial charge in [0.2, 0.25) is 0 Å². The minimum Gasteiger partial charge on any atom is -0.363 e. The van der Waals surface area contributed by atoms with E-state index in [4.69, 9.17) is 0 Å². The van der Waals surface area contributed by atoms with Gasteiger partial charge in [-0.15, -0.1) is 0 Å². The molecule has 3 heteroatoms. The molecule has 0 fully saturated rings. The third kappa shape index (κ3) is 1.76. The highest BCUT2D eigenvalue weighted by atomic mass is 16.1. The molecule has 1 heterocycles. The summed E-state index contributed by atoms with van der Waals surface area (Å²) in [5, 5.41) is 1.04. The quantitative estimate of drug-likeness (QED) is 0.720. The second-order valence-electron chi connectivity index (χ2n) is 4.09. The standard InChI is InChI=1S/C13H14N2O/c1-9-6-13(15(2)3)14-12-5-4-10(8-16)7-11(9)12/h4-8H,1-3H3. The van der Waals surface area contributed by atoms with E-state index in [0.29, 0.717) is 5.56 Å². The lowest BCUT2D eigenvalue weighted by atomic mass is 10.1. The van der Waals surface area contributed by atoms with Crippen molar-refractivity contribution < 1.29 is 4.79 Å². The molecule has 0 aliphatic rings. The fraction of sp³-hybridized carbons (Fsp3) is 0.231. The van der Waals surface area contributed by atoms with Crippen molar-refractivity contribution in [2.75, 3.05) is 19.0 Å². The molecule has 0 aliphatic heterocycles. The molecule has 0 radical (unpaired) electrons. The number of carbonyl (C=O) groups is 1. The molecule has 3 nitrogen and oxygen atoms in total. The molecule has 16 heavy (non-hydrogen) atoms. The number of hydrogen-bond donors (Lipinski definition) is 0. The molecule has 2 aromatic rings. The van der Waals surface area contributed by atoms with Crippen LogP contribution in [0.1, 0.15) is 15.9 Å². The normalized spacial score (nSPS) is 10.4. The second-order valence-corrected chi connectivity index (χ2v) is 4.09. The fourth-order valence-electron chi connectivity index (χ4n) is 1.70. The molecule has 0 amide bonds. The van der Waals surface area contributed by atoms with Crippen LogP contribution in [0.2, 0.25) is 0 Å². The van der Waals surface area contributed by atoms with Crippen LogP contribution >= 0.6 is 0 Å². The van der Waals surface area contributed by atoms with E-state index in [1.165, 1.54) is 0 Å². The molecule has 0 spiro atoms. The Bertz CT molecular complexity index is 547. The summed E-state index contributed by atoms with van der Waals surface area (Å²) in [6.45, 7) is 2.03. The first kappa shape index (κ1) is 10.6. The average Bonchev–Trinajstić information content (AvgIpc) is 2.28. The zero-order valence-electron chi connectivity index (χ0n) is 9.69. The summed E-state index contributed by atoms with van der Waals surface area (Å²) in [5.41, 5.74) is 2.75. The number of pyridine rings is 1. The molecule has 2 rings (SSSR count). The van der Waals surface area contributed by atoms with Crippen molar-refractivity contribution in [2.45, 2.75) is 6.92 Å². The van der Waals surface area contributed by atoms with E-state index in [9.17, 15) is 4.79 Å². The van der Waals surface area contributed by atoms with Crippen molar-refractivity contribution in [3.63, 3.8) is 0 Å². The van der Waals surface area contributed by atoms with Crippen LogP contribution in [0.25, 0.3) is 10.9 Å². The molecule has 0 saturated carbocycles. The SMILES string of the molecule is Cc1cc(N(C)C)nc2ccc(C=O)cc12.